The van der Waals surface area contributed by atoms with Crippen LogP contribution in [0.2, 0.25) is 0 Å². The number of hydrogen-bond acceptors (Lipinski definition) is 7. The second-order valence-electron chi connectivity index (χ2n) is 9.68. The predicted octanol–water partition coefficient (Wildman–Crippen LogP) is 4.44. The molecule has 0 radical (unpaired) electrons. The number of morpholine rings is 1. The van der Waals surface area contributed by atoms with Gasteiger partial charge in [0.05, 0.1) is 24.3 Å². The van der Waals surface area contributed by atoms with Crippen LogP contribution in [0.1, 0.15) is 47.1 Å². The van der Waals surface area contributed by atoms with Crippen molar-refractivity contribution in [2.45, 2.75) is 49.5 Å². The summed E-state index contributed by atoms with van der Waals surface area (Å²) in [7, 11) is 2.22. The summed E-state index contributed by atoms with van der Waals surface area (Å²) < 4.78 is 78.8. The van der Waals surface area contributed by atoms with E-state index in [0.717, 1.165) is 23.5 Å². The zero-order valence-corrected chi connectivity index (χ0v) is 22.9. The highest BCUT2D eigenvalue weighted by Gasteiger charge is 2.37. The Morgan fingerprint density at radius 1 is 1.18 bits per heavy atom. The fourth-order valence-corrected chi connectivity index (χ4v) is 5.09. The van der Waals surface area contributed by atoms with Gasteiger partial charge >= 0.3 is 6.18 Å². The molecule has 13 heteroatoms. The summed E-state index contributed by atoms with van der Waals surface area (Å²) >= 11 is 0. The number of ether oxygens (including phenoxy) is 2. The van der Waals surface area contributed by atoms with Crippen molar-refractivity contribution in [2.24, 2.45) is 0 Å². The molecule has 0 bridgehead atoms. The average molecular weight is 570 g/mol. The molecule has 8 nitrogen and oxygen atoms in total. The quantitative estimate of drug-likeness (QED) is 0.382. The number of alkyl halides is 3. The highest BCUT2D eigenvalue weighted by Crippen LogP contribution is 2.37. The minimum Gasteiger partial charge on any atom is -0.349 e. The van der Waals surface area contributed by atoms with Crippen molar-refractivity contribution < 1.29 is 31.2 Å². The largest absolute Gasteiger partial charge is 0.416 e. The second kappa shape index (κ2) is 12.2. The lowest BCUT2D eigenvalue weighted by Crippen LogP contribution is -2.46. The normalized spacial score (nSPS) is 20.3. The Morgan fingerprint density at radius 2 is 1.87 bits per heavy atom. The molecule has 4 atom stereocenters. The van der Waals surface area contributed by atoms with Crippen LogP contribution in [0, 0.1) is 5.82 Å². The Morgan fingerprint density at radius 3 is 2.51 bits per heavy atom. The Kier molecular flexibility index (Phi) is 9.17. The molecule has 0 spiro atoms. The van der Waals surface area contributed by atoms with E-state index in [4.69, 9.17) is 9.47 Å². The van der Waals surface area contributed by atoms with E-state index in [1.54, 1.807) is 19.1 Å². The van der Waals surface area contributed by atoms with Gasteiger partial charge in [-0.25, -0.2) is 4.39 Å². The van der Waals surface area contributed by atoms with Gasteiger partial charge in [-0.1, -0.05) is 12.1 Å². The molecule has 4 rings (SSSR count). The predicted molar refractivity (Wildman–Crippen MR) is 136 cm³/mol. The van der Waals surface area contributed by atoms with Crippen LogP contribution in [0.5, 0.6) is 0 Å². The summed E-state index contributed by atoms with van der Waals surface area (Å²) in [6, 6.07) is 8.76. The summed E-state index contributed by atoms with van der Waals surface area (Å²) in [6.45, 7) is 3.39. The minimum atomic E-state index is -4.61. The van der Waals surface area contributed by atoms with Crippen LogP contribution in [0.15, 0.2) is 47.4 Å². The standard InChI is InChI=1S/C26H31F4N5O3S/c1-16(18-11-19(26(28,29)30)13-21(12-18)39(4)36)38-25-24(17-5-7-20(27)8-6-17)35(9-10-37-25)15-23-22(14-34(2)3)31-33-32-23/h5-8,11-13,16,24-25H,9-10,14-15H2,1-4H3,(H,31,32,33)/t16-,24+,25-,39?/m1/s1. The molecule has 1 aliphatic heterocycles. The summed E-state index contributed by atoms with van der Waals surface area (Å²) in [5.74, 6) is -0.401. The maximum absolute atomic E-state index is 13.8. The lowest BCUT2D eigenvalue weighted by Gasteiger charge is -2.42. The number of benzene rings is 2. The van der Waals surface area contributed by atoms with Gasteiger partial charge in [-0.2, -0.15) is 28.6 Å². The molecule has 212 valence electrons. The molecule has 39 heavy (non-hydrogen) atoms. The van der Waals surface area contributed by atoms with E-state index in [9.17, 15) is 21.8 Å². The molecule has 1 fully saturated rings. The van der Waals surface area contributed by atoms with Crippen molar-refractivity contribution >= 4 is 10.8 Å². The fraction of sp³-hybridized carbons (Fsp3) is 0.462. The van der Waals surface area contributed by atoms with E-state index in [1.807, 2.05) is 19.0 Å². The SMILES string of the molecule is C[C@@H](O[C@H]1OCCN(Cc2n[nH]nc2CN(C)C)[C@H]1c1ccc(F)cc1)c1cc(S(C)=O)cc(C(F)(F)F)c1. The molecule has 3 aromatic rings. The van der Waals surface area contributed by atoms with Crippen molar-refractivity contribution in [1.82, 2.24) is 25.2 Å². The van der Waals surface area contributed by atoms with Crippen LogP contribution in [-0.4, -0.2) is 69.2 Å². The fourth-order valence-electron chi connectivity index (χ4n) is 4.49. The van der Waals surface area contributed by atoms with Crippen LogP contribution in [-0.2, 0) is 39.5 Å². The Labute approximate surface area is 226 Å². The molecule has 2 aromatic carbocycles. The summed E-state index contributed by atoms with van der Waals surface area (Å²) in [5, 5.41) is 11.2. The molecule has 0 saturated carbocycles. The summed E-state index contributed by atoms with van der Waals surface area (Å²) in [6.07, 6.45) is -5.01. The lowest BCUT2D eigenvalue weighted by molar-refractivity contribution is -0.231. The molecule has 1 saturated heterocycles. The number of rotatable bonds is 9. The Balaban J connectivity index is 1.65. The first-order valence-corrected chi connectivity index (χ1v) is 13.8. The maximum atomic E-state index is 13.8. The van der Waals surface area contributed by atoms with E-state index in [2.05, 4.69) is 20.3 Å². The third kappa shape index (κ3) is 7.28. The number of nitrogens with zero attached hydrogens (tertiary/aromatic N) is 4. The first-order valence-electron chi connectivity index (χ1n) is 12.3. The number of hydrogen-bond donors (Lipinski definition) is 1. The van der Waals surface area contributed by atoms with Crippen molar-refractivity contribution in [3.63, 3.8) is 0 Å². The van der Waals surface area contributed by atoms with Gasteiger partial charge < -0.3 is 14.4 Å². The molecule has 0 amide bonds. The van der Waals surface area contributed by atoms with Crippen LogP contribution in [0.25, 0.3) is 0 Å². The molecule has 1 aromatic heterocycles. The third-order valence-corrected chi connectivity index (χ3v) is 7.34. The van der Waals surface area contributed by atoms with Gasteiger partial charge in [0.1, 0.15) is 17.2 Å². The minimum absolute atomic E-state index is 0.0519. The molecular weight excluding hydrogens is 538 g/mol. The monoisotopic (exact) mass is 569 g/mol. The Bertz CT molecular complexity index is 1290. The third-order valence-electron chi connectivity index (χ3n) is 6.44. The van der Waals surface area contributed by atoms with Crippen molar-refractivity contribution in [1.29, 1.82) is 0 Å². The number of aromatic nitrogens is 3. The highest BCUT2D eigenvalue weighted by molar-refractivity contribution is 7.84. The number of aromatic amines is 1. The summed E-state index contributed by atoms with van der Waals surface area (Å²) in [5.41, 5.74) is 1.54. The number of H-pyrrole nitrogens is 1. The van der Waals surface area contributed by atoms with E-state index >= 15 is 0 Å². The van der Waals surface area contributed by atoms with Crippen molar-refractivity contribution in [3.8, 4) is 0 Å². The molecular formula is C26H31F4N5O3S. The molecule has 1 N–H and O–H groups in total. The van der Waals surface area contributed by atoms with E-state index in [1.165, 1.54) is 24.5 Å². The highest BCUT2D eigenvalue weighted by atomic mass is 32.2. The Hall–Kier alpha value is -2.71. The van der Waals surface area contributed by atoms with Gasteiger partial charge in [-0.15, -0.1) is 0 Å². The van der Waals surface area contributed by atoms with Gasteiger partial charge in [-0.05, 0) is 62.5 Å². The van der Waals surface area contributed by atoms with Gasteiger partial charge in [0.25, 0.3) is 0 Å². The van der Waals surface area contributed by atoms with Crippen LogP contribution in [0.4, 0.5) is 17.6 Å². The van der Waals surface area contributed by atoms with Crippen LogP contribution in [0.3, 0.4) is 0 Å². The van der Waals surface area contributed by atoms with Gasteiger partial charge in [-0.3, -0.25) is 9.11 Å². The molecule has 0 aliphatic carbocycles. The summed E-state index contributed by atoms with van der Waals surface area (Å²) in [4.78, 5) is 4.10. The van der Waals surface area contributed by atoms with Gasteiger partial charge in [0.2, 0.25) is 0 Å². The van der Waals surface area contributed by atoms with Gasteiger partial charge in [0.15, 0.2) is 6.29 Å². The van der Waals surface area contributed by atoms with E-state index in [0.29, 0.717) is 31.8 Å². The molecule has 1 unspecified atom stereocenters. The second-order valence-corrected chi connectivity index (χ2v) is 11.1. The zero-order chi connectivity index (χ0) is 28.3. The topological polar surface area (TPSA) is 83.6 Å². The van der Waals surface area contributed by atoms with Crippen LogP contribution < -0.4 is 0 Å². The number of halogens is 4. The first kappa shape index (κ1) is 29.3. The number of nitrogens with one attached hydrogen (secondary N) is 1. The molecule has 2 heterocycles. The maximum Gasteiger partial charge on any atom is 0.416 e. The lowest BCUT2D eigenvalue weighted by atomic mass is 10.0. The van der Waals surface area contributed by atoms with Crippen LogP contribution >= 0.6 is 0 Å². The van der Waals surface area contributed by atoms with E-state index < -0.39 is 46.8 Å². The smallest absolute Gasteiger partial charge is 0.349 e. The average Bonchev–Trinajstić information content (AvgIpc) is 3.29. The van der Waals surface area contributed by atoms with Gasteiger partial charge in [0, 0.05) is 41.6 Å². The first-order chi connectivity index (χ1) is 18.4. The van der Waals surface area contributed by atoms with Crippen molar-refractivity contribution in [2.75, 3.05) is 33.5 Å². The van der Waals surface area contributed by atoms with Crippen molar-refractivity contribution in [3.05, 3.63) is 76.4 Å². The van der Waals surface area contributed by atoms with E-state index in [-0.39, 0.29) is 10.5 Å². The zero-order valence-electron chi connectivity index (χ0n) is 22.0. The molecule has 1 aliphatic rings.